The predicted molar refractivity (Wildman–Crippen MR) is 74.9 cm³/mol. The van der Waals surface area contributed by atoms with Crippen LogP contribution in [0.2, 0.25) is 0 Å². The highest BCUT2D eigenvalue weighted by atomic mass is 16.7. The fourth-order valence-corrected chi connectivity index (χ4v) is 2.15. The van der Waals surface area contributed by atoms with E-state index in [-0.39, 0.29) is 13.2 Å². The number of ether oxygens (including phenoxy) is 2. The monoisotopic (exact) mass is 277 g/mol. The van der Waals surface area contributed by atoms with E-state index in [2.05, 4.69) is 11.5 Å². The van der Waals surface area contributed by atoms with Crippen molar-refractivity contribution in [1.29, 1.82) is 0 Å². The number of hydrogen-bond donors (Lipinski definition) is 1. The lowest BCUT2D eigenvalue weighted by atomic mass is 10.1. The molecule has 0 amide bonds. The molecule has 1 aromatic carbocycles. The molecule has 1 aliphatic rings. The first-order valence-electron chi connectivity index (χ1n) is 6.51. The third-order valence-electron chi connectivity index (χ3n) is 2.98. The Morgan fingerprint density at radius 2 is 2.15 bits per heavy atom. The highest BCUT2D eigenvalue weighted by molar-refractivity contribution is 5.66. The molecule has 5 nitrogen and oxygen atoms in total. The first-order chi connectivity index (χ1) is 9.54. The normalized spacial score (nSPS) is 12.7. The Kier molecular flexibility index (Phi) is 4.63. The van der Waals surface area contributed by atoms with Crippen molar-refractivity contribution in [2.24, 2.45) is 0 Å². The first kappa shape index (κ1) is 14.4. The number of rotatable bonds is 7. The van der Waals surface area contributed by atoms with Crippen LogP contribution in [0.5, 0.6) is 11.5 Å². The Hall–Kier alpha value is -2.01. The van der Waals surface area contributed by atoms with Crippen LogP contribution >= 0.6 is 0 Å². The Labute approximate surface area is 118 Å². The van der Waals surface area contributed by atoms with Crippen molar-refractivity contribution in [3.8, 4) is 11.5 Å². The van der Waals surface area contributed by atoms with Crippen LogP contribution in [0.3, 0.4) is 0 Å². The lowest BCUT2D eigenvalue weighted by molar-refractivity contribution is -0.137. The van der Waals surface area contributed by atoms with Gasteiger partial charge in [-0.15, -0.1) is 0 Å². The molecule has 0 atom stereocenters. The van der Waals surface area contributed by atoms with E-state index in [0.717, 1.165) is 22.6 Å². The number of carboxylic acid groups (broad SMARTS) is 1. The minimum Gasteiger partial charge on any atom is -0.481 e. The summed E-state index contributed by atoms with van der Waals surface area (Å²) in [5, 5.41) is 8.80. The van der Waals surface area contributed by atoms with E-state index in [4.69, 9.17) is 14.6 Å². The minimum atomic E-state index is -0.789. The smallest absolute Gasteiger partial charge is 0.304 e. The van der Waals surface area contributed by atoms with Gasteiger partial charge in [0.15, 0.2) is 11.5 Å². The van der Waals surface area contributed by atoms with Gasteiger partial charge in [0, 0.05) is 19.6 Å². The van der Waals surface area contributed by atoms with E-state index in [1.54, 1.807) is 0 Å². The average Bonchev–Trinajstić information content (AvgIpc) is 2.82. The van der Waals surface area contributed by atoms with Gasteiger partial charge in [0.2, 0.25) is 6.79 Å². The van der Waals surface area contributed by atoms with Crippen molar-refractivity contribution < 1.29 is 19.4 Å². The number of carbonyl (C=O) groups is 1. The maximum absolute atomic E-state index is 10.7. The second-order valence-electron chi connectivity index (χ2n) is 5.00. The van der Waals surface area contributed by atoms with Gasteiger partial charge in [0.1, 0.15) is 0 Å². The van der Waals surface area contributed by atoms with Gasteiger partial charge in [-0.1, -0.05) is 18.2 Å². The van der Waals surface area contributed by atoms with Crippen molar-refractivity contribution in [1.82, 2.24) is 4.90 Å². The SMILES string of the molecule is C=C(C)CN(CCC(=O)O)Cc1ccc2c(c1)OCO2. The molecular weight excluding hydrogens is 258 g/mol. The van der Waals surface area contributed by atoms with Crippen LogP contribution < -0.4 is 9.47 Å². The van der Waals surface area contributed by atoms with Crippen LogP contribution in [-0.2, 0) is 11.3 Å². The summed E-state index contributed by atoms with van der Waals surface area (Å²) in [5.74, 6) is 0.712. The molecule has 0 radical (unpaired) electrons. The third kappa shape index (κ3) is 3.99. The van der Waals surface area contributed by atoms with Gasteiger partial charge in [-0.25, -0.2) is 0 Å². The van der Waals surface area contributed by atoms with E-state index in [1.165, 1.54) is 0 Å². The summed E-state index contributed by atoms with van der Waals surface area (Å²) in [5.41, 5.74) is 2.08. The van der Waals surface area contributed by atoms with Crippen LogP contribution in [0.4, 0.5) is 0 Å². The van der Waals surface area contributed by atoms with Crippen molar-refractivity contribution in [2.75, 3.05) is 19.9 Å². The van der Waals surface area contributed by atoms with Gasteiger partial charge in [-0.2, -0.15) is 0 Å². The maximum atomic E-state index is 10.7. The predicted octanol–water partition coefficient (Wildman–Crippen LogP) is 2.27. The van der Waals surface area contributed by atoms with E-state index < -0.39 is 5.97 Å². The Morgan fingerprint density at radius 3 is 2.85 bits per heavy atom. The van der Waals surface area contributed by atoms with Crippen molar-refractivity contribution in [3.63, 3.8) is 0 Å². The Morgan fingerprint density at radius 1 is 1.40 bits per heavy atom. The molecule has 0 saturated heterocycles. The molecule has 5 heteroatoms. The lowest BCUT2D eigenvalue weighted by Gasteiger charge is -2.21. The van der Waals surface area contributed by atoms with Gasteiger partial charge in [-0.05, 0) is 24.6 Å². The number of aliphatic carboxylic acids is 1. The molecule has 0 fully saturated rings. The molecule has 0 bridgehead atoms. The standard InChI is InChI=1S/C15H19NO4/c1-11(2)8-16(6-5-15(17)18)9-12-3-4-13-14(7-12)20-10-19-13/h3-4,7H,1,5-6,8-10H2,2H3,(H,17,18). The molecule has 1 aromatic rings. The quantitative estimate of drug-likeness (QED) is 0.775. The van der Waals surface area contributed by atoms with Crippen LogP contribution in [0.1, 0.15) is 18.9 Å². The summed E-state index contributed by atoms with van der Waals surface area (Å²) < 4.78 is 10.6. The molecule has 0 unspecified atom stereocenters. The summed E-state index contributed by atoms with van der Waals surface area (Å²) in [6.45, 7) is 7.93. The Balaban J connectivity index is 2.02. The number of fused-ring (bicyclic) bond motifs is 1. The summed E-state index contributed by atoms with van der Waals surface area (Å²) >= 11 is 0. The van der Waals surface area contributed by atoms with Crippen molar-refractivity contribution in [3.05, 3.63) is 35.9 Å². The van der Waals surface area contributed by atoms with Gasteiger partial charge in [0.05, 0.1) is 6.42 Å². The van der Waals surface area contributed by atoms with E-state index in [9.17, 15) is 4.79 Å². The highest BCUT2D eigenvalue weighted by Crippen LogP contribution is 2.32. The summed E-state index contributed by atoms with van der Waals surface area (Å²) in [6, 6.07) is 5.79. The molecule has 1 aliphatic heterocycles. The number of benzene rings is 1. The molecule has 2 rings (SSSR count). The van der Waals surface area contributed by atoms with Crippen LogP contribution in [-0.4, -0.2) is 35.9 Å². The van der Waals surface area contributed by atoms with Gasteiger partial charge >= 0.3 is 5.97 Å². The van der Waals surface area contributed by atoms with Crippen LogP contribution in [0.15, 0.2) is 30.4 Å². The second kappa shape index (κ2) is 6.43. The summed E-state index contributed by atoms with van der Waals surface area (Å²) in [7, 11) is 0. The topological polar surface area (TPSA) is 59.0 Å². The number of nitrogens with zero attached hydrogens (tertiary/aromatic N) is 1. The molecule has 0 saturated carbocycles. The molecular formula is C15H19NO4. The Bertz CT molecular complexity index is 513. The fourth-order valence-electron chi connectivity index (χ4n) is 2.15. The van der Waals surface area contributed by atoms with Gasteiger partial charge in [0.25, 0.3) is 0 Å². The van der Waals surface area contributed by atoms with Gasteiger partial charge in [-0.3, -0.25) is 9.69 Å². The summed E-state index contributed by atoms with van der Waals surface area (Å²) in [4.78, 5) is 12.8. The molecule has 20 heavy (non-hydrogen) atoms. The zero-order valence-electron chi connectivity index (χ0n) is 11.6. The third-order valence-corrected chi connectivity index (χ3v) is 2.98. The number of carboxylic acids is 1. The first-order valence-corrected chi connectivity index (χ1v) is 6.51. The van der Waals surface area contributed by atoms with Gasteiger partial charge < -0.3 is 14.6 Å². The highest BCUT2D eigenvalue weighted by Gasteiger charge is 2.15. The average molecular weight is 277 g/mol. The molecule has 0 aromatic heterocycles. The molecule has 0 aliphatic carbocycles. The fraction of sp³-hybridized carbons (Fsp3) is 0.400. The summed E-state index contributed by atoms with van der Waals surface area (Å²) in [6.07, 6.45) is 0.123. The maximum Gasteiger partial charge on any atom is 0.304 e. The van der Waals surface area contributed by atoms with Crippen molar-refractivity contribution in [2.45, 2.75) is 19.9 Å². The number of hydrogen-bond acceptors (Lipinski definition) is 4. The molecule has 108 valence electrons. The lowest BCUT2D eigenvalue weighted by Crippen LogP contribution is -2.27. The van der Waals surface area contributed by atoms with E-state index >= 15 is 0 Å². The zero-order chi connectivity index (χ0) is 14.5. The second-order valence-corrected chi connectivity index (χ2v) is 5.00. The van der Waals surface area contributed by atoms with Crippen LogP contribution in [0.25, 0.3) is 0 Å². The molecule has 0 spiro atoms. The molecule has 1 N–H and O–H groups in total. The van der Waals surface area contributed by atoms with E-state index in [1.807, 2.05) is 25.1 Å². The zero-order valence-corrected chi connectivity index (χ0v) is 11.6. The largest absolute Gasteiger partial charge is 0.481 e. The molecule has 1 heterocycles. The minimum absolute atomic E-state index is 0.123. The van der Waals surface area contributed by atoms with E-state index in [0.29, 0.717) is 19.6 Å². The van der Waals surface area contributed by atoms with Crippen molar-refractivity contribution >= 4 is 5.97 Å². The van der Waals surface area contributed by atoms with Crippen LogP contribution in [0, 0.1) is 0 Å².